The Balaban J connectivity index is 0.000000119. The third-order valence-corrected chi connectivity index (χ3v) is 28.9. The molecule has 726 valence electrons. The number of fused-ring (bicyclic) bond motifs is 5. The first kappa shape index (κ1) is 97.8. The predicted octanol–water partition coefficient (Wildman–Crippen LogP) is 15.2. The van der Waals surface area contributed by atoms with E-state index in [1.165, 1.54) is 0 Å². The van der Waals surface area contributed by atoms with E-state index in [0.717, 1.165) is 189 Å². The molecule has 0 spiro atoms. The zero-order valence-corrected chi connectivity index (χ0v) is 84.7. The zero-order chi connectivity index (χ0) is 97.0. The van der Waals surface area contributed by atoms with E-state index >= 15 is 0 Å². The lowest BCUT2D eigenvalue weighted by atomic mass is 10.0. The molecule has 12 aromatic heterocycles. The molecule has 18 heterocycles. The summed E-state index contributed by atoms with van der Waals surface area (Å²) in [5.74, 6) is 4.52. The number of ether oxygens (including phenoxy) is 5. The molecule has 12 aromatic rings. The van der Waals surface area contributed by atoms with Gasteiger partial charge in [-0.25, -0.2) is 65.9 Å². The molecular weight excluding hydrogens is 1850 g/mol. The minimum Gasteiger partial charge on any atom is -0.377 e. The van der Waals surface area contributed by atoms with Gasteiger partial charge in [0.15, 0.2) is 40.4 Å². The average Bonchev–Trinajstić information content (AvgIpc) is 1.61. The van der Waals surface area contributed by atoms with E-state index in [1.807, 2.05) is 120 Å². The number of aryl methyl sites for hydroxylation is 1. The number of allylic oxidation sites excluding steroid dienone is 2. The Hall–Kier alpha value is -11.9. The summed E-state index contributed by atoms with van der Waals surface area (Å²) in [5, 5.41) is 0.201. The van der Waals surface area contributed by atoms with Gasteiger partial charge in [0.25, 0.3) is 0 Å². The molecule has 0 N–H and O–H groups in total. The van der Waals surface area contributed by atoms with Crippen LogP contribution < -0.4 is 24.5 Å². The maximum atomic E-state index is 13.0. The van der Waals surface area contributed by atoms with Gasteiger partial charge in [0.1, 0.15) is 34.8 Å². The highest BCUT2D eigenvalue weighted by atomic mass is 32.2. The van der Waals surface area contributed by atoms with Crippen molar-refractivity contribution in [3.05, 3.63) is 187 Å². The van der Waals surface area contributed by atoms with Crippen molar-refractivity contribution in [2.75, 3.05) is 180 Å². The van der Waals surface area contributed by atoms with Crippen LogP contribution in [0.3, 0.4) is 0 Å². The van der Waals surface area contributed by atoms with E-state index in [9.17, 15) is 21.0 Å². The van der Waals surface area contributed by atoms with Gasteiger partial charge in [-0.05, 0) is 115 Å². The number of aromatic nitrogens is 14. The SMILES string of the molecule is C[C@@H]1COCCN1c1cc(N=S(C)(=O)C2CC2)nc(-c2ccnc3c2C=CC3)c1.C[C@@H]1COCCN1c1cc(N=S(C)(C)=O)nc(-c2ccnc3c2C=CC3)c1.C[C@@H]1COCCN1c1cc(N=S(C)(C)=O)nc(-c2ccnc3c2N=CC3)c1.C[C@@H]1COCCN1c1cc(N=S(C)(C)=O)nc(-n2cnc3cccnc32)c1.Cc1nc2cccnc2n1-c1cc(N2CCOC[C@H]2C)cc(N=S(C)(C)=O)n1. The van der Waals surface area contributed by atoms with Gasteiger partial charge in [-0.1, -0.05) is 24.3 Å². The van der Waals surface area contributed by atoms with E-state index in [2.05, 4.69) is 178 Å². The zero-order valence-electron chi connectivity index (χ0n) is 80.6. The van der Waals surface area contributed by atoms with Gasteiger partial charge >= 0.3 is 0 Å². The third kappa shape index (κ3) is 24.0. The van der Waals surface area contributed by atoms with Crippen LogP contribution in [0.5, 0.6) is 0 Å². The summed E-state index contributed by atoms with van der Waals surface area (Å²) in [6.07, 6.45) is 40.1. The molecule has 0 bridgehead atoms. The van der Waals surface area contributed by atoms with Crippen LogP contribution in [0.4, 0.5) is 63.2 Å². The summed E-state index contributed by atoms with van der Waals surface area (Å²) in [4.78, 5) is 70.7. The molecule has 6 atom stereocenters. The fourth-order valence-electron chi connectivity index (χ4n) is 17.7. The molecule has 138 heavy (non-hydrogen) atoms. The Morgan fingerprint density at radius 1 is 0.370 bits per heavy atom. The number of hydrogen-bond acceptors (Lipinski definition) is 33. The standard InChI is InChI=1S/C22H26N4O2S.C20H24N4O2S.C19H24N6O2S.C19H23N5O2S.C18H22N6O2S/c1-15-14-28-11-10-26(15)16-12-21(19-8-9-23-20-5-3-4-18(19)20)24-22(13-16)25-29(2,27)17-6-7-17;1-14-13-26-10-9-24(14)15-11-19(22-20(12-15)23-27(2,3)25)17-7-8-21-18-6-4-5-16(17)18;1-13-12-27-9-8-24(13)15-10-17(23-28(3,4)26)22-18(11-15)25-14(2)21-16-6-5-7-20-19(16)25;1-13-12-26-9-8-24(13)14-10-17(22-18(11-14)23-27(2,3)25)15-4-6-20-16-5-7-21-19(15)16;1-13-11-26-8-7-23(13)14-9-16(22-27(2,3)25)21-17(10-14)24-12-20-15-5-4-6-19-18(15)24/h3-4,8-9,12-13,15,17H,5-7,10-11,14H2,1-2H3;4-5,7-8,11-12,14H,6,9-10,13H2,1-3H3;5-7,10-11,13H,8-9,12H2,1-4H3;4,6-7,10-11,13H,5,8-9,12H2,1-3H3;4-6,9-10,12-13H,7-8,11H2,1-3H3/t15-,29?;14-;3*13-/m11111/s1. The van der Waals surface area contributed by atoms with Gasteiger partial charge in [-0.15, -0.1) is 0 Å². The van der Waals surface area contributed by atoms with Gasteiger partial charge in [0.2, 0.25) is 0 Å². The number of anilines is 5. The highest BCUT2D eigenvalue weighted by Crippen LogP contribution is 2.42. The highest BCUT2D eigenvalue weighted by molar-refractivity contribution is 7.94. The number of hydrogen-bond donors (Lipinski definition) is 0. The smallest absolute Gasteiger partial charge is 0.165 e. The van der Waals surface area contributed by atoms with E-state index in [0.29, 0.717) is 107 Å². The summed E-state index contributed by atoms with van der Waals surface area (Å²) < 4.78 is 116. The van der Waals surface area contributed by atoms with Crippen molar-refractivity contribution in [3.63, 3.8) is 0 Å². The van der Waals surface area contributed by atoms with Crippen LogP contribution in [-0.2, 0) is 91.6 Å². The number of pyridine rings is 10. The van der Waals surface area contributed by atoms with Gasteiger partial charge in [0.05, 0.1) is 116 Å². The first-order valence-electron chi connectivity index (χ1n) is 46.2. The molecule has 0 radical (unpaired) electrons. The molecule has 3 aliphatic carbocycles. The van der Waals surface area contributed by atoms with Crippen molar-refractivity contribution in [1.82, 2.24) is 68.9 Å². The third-order valence-electron chi connectivity index (χ3n) is 24.2. The maximum absolute atomic E-state index is 13.0. The van der Waals surface area contributed by atoms with Gasteiger partial charge in [0, 0.05) is 319 Å². The maximum Gasteiger partial charge on any atom is 0.165 e. The Bertz CT molecular complexity index is 7210. The van der Waals surface area contributed by atoms with E-state index in [-0.39, 0.29) is 35.5 Å². The summed E-state index contributed by atoms with van der Waals surface area (Å²) in [6.45, 7) is 23.4. The van der Waals surface area contributed by atoms with Crippen molar-refractivity contribution in [2.45, 2.75) is 109 Å². The molecule has 1 saturated carbocycles. The number of imidazole rings is 2. The van der Waals surface area contributed by atoms with Crippen molar-refractivity contribution in [1.29, 1.82) is 0 Å². The molecule has 6 fully saturated rings. The van der Waals surface area contributed by atoms with Crippen molar-refractivity contribution >= 4 is 153 Å². The minimum atomic E-state index is -2.35. The number of aliphatic imine (C=N–C) groups is 1. The molecule has 40 heteroatoms. The van der Waals surface area contributed by atoms with E-state index in [1.54, 1.807) is 81.2 Å². The number of nitrogens with zero attached hydrogens (tertiary/aromatic N) is 25. The van der Waals surface area contributed by atoms with Gasteiger partial charge in [-0.2, -0.15) is 21.8 Å². The van der Waals surface area contributed by atoms with Crippen LogP contribution in [0, 0.1) is 6.92 Å². The Labute approximate surface area is 808 Å². The Morgan fingerprint density at radius 2 is 0.739 bits per heavy atom. The second kappa shape index (κ2) is 41.7. The lowest BCUT2D eigenvalue weighted by Crippen LogP contribution is -2.43. The molecule has 21 rings (SSSR count). The fourth-order valence-corrected chi connectivity index (χ4v) is 21.5. The molecular formula is C98H119N25O10S5. The normalized spacial score (nSPS) is 19.5. The molecule has 35 nitrogen and oxygen atoms in total. The summed E-state index contributed by atoms with van der Waals surface area (Å²) >= 11 is 0. The van der Waals surface area contributed by atoms with Crippen LogP contribution in [0.25, 0.3) is 79.9 Å². The molecule has 6 aliphatic heterocycles. The van der Waals surface area contributed by atoms with Crippen LogP contribution in [0.15, 0.2) is 179 Å². The average molecular weight is 1970 g/mol. The van der Waals surface area contributed by atoms with Crippen LogP contribution in [-0.4, -0.2) is 287 Å². The number of rotatable bonds is 16. The lowest BCUT2D eigenvalue weighted by molar-refractivity contribution is 0.0989. The first-order chi connectivity index (χ1) is 66.0. The van der Waals surface area contributed by atoms with Gasteiger partial charge in [-0.3, -0.25) is 29.1 Å². The molecule has 9 aliphatic rings. The Kier molecular flexibility index (Phi) is 29.5. The fraction of sp³-hybridized carbons (Fsp3) is 0.418. The van der Waals surface area contributed by atoms with E-state index in [4.69, 9.17) is 33.7 Å². The lowest BCUT2D eigenvalue weighted by Gasteiger charge is -2.35. The van der Waals surface area contributed by atoms with Gasteiger partial charge < -0.3 is 48.2 Å². The number of morpholine rings is 5. The van der Waals surface area contributed by atoms with Crippen molar-refractivity contribution < 1.29 is 44.7 Å². The van der Waals surface area contributed by atoms with Crippen LogP contribution in [0.1, 0.15) is 81.5 Å². The first-order valence-corrected chi connectivity index (χ1v) is 57.5. The van der Waals surface area contributed by atoms with Crippen LogP contribution >= 0.6 is 0 Å². The molecule has 0 aromatic carbocycles. The monoisotopic (exact) mass is 1970 g/mol. The molecule has 5 saturated heterocycles. The largest absolute Gasteiger partial charge is 0.377 e. The van der Waals surface area contributed by atoms with Crippen molar-refractivity contribution in [2.24, 2.45) is 26.8 Å². The Morgan fingerprint density at radius 3 is 1.16 bits per heavy atom. The summed E-state index contributed by atoms with van der Waals surface area (Å²) in [5.41, 5.74) is 19.7. The topological polar surface area (TPSA) is 386 Å². The van der Waals surface area contributed by atoms with Crippen molar-refractivity contribution in [3.8, 4) is 45.4 Å². The minimum absolute atomic E-state index is 0.201. The second-order valence-electron chi connectivity index (χ2n) is 36.7. The van der Waals surface area contributed by atoms with Crippen LogP contribution in [0.2, 0.25) is 0 Å². The van der Waals surface area contributed by atoms with E-state index < -0.39 is 48.6 Å². The predicted molar refractivity (Wildman–Crippen MR) is 553 cm³/mol. The summed E-state index contributed by atoms with van der Waals surface area (Å²) in [6, 6.07) is 34.5. The summed E-state index contributed by atoms with van der Waals surface area (Å²) in [7, 11) is -11.6. The highest BCUT2D eigenvalue weighted by Gasteiger charge is 2.33. The molecule has 0 amide bonds. The second-order valence-corrected chi connectivity index (χ2v) is 49.5. The molecule has 1 unspecified atom stereocenters. The quantitative estimate of drug-likeness (QED) is 0.0867.